The second-order valence-corrected chi connectivity index (χ2v) is 4.85. The van der Waals surface area contributed by atoms with Crippen LogP contribution in [-0.4, -0.2) is 30.3 Å². The minimum absolute atomic E-state index is 0.131. The molecule has 0 aromatic rings. The number of esters is 1. The van der Waals surface area contributed by atoms with Crippen LogP contribution in [0.5, 0.6) is 0 Å². The second-order valence-electron chi connectivity index (χ2n) is 4.85. The van der Waals surface area contributed by atoms with Crippen LogP contribution in [0, 0.1) is 5.92 Å². The molecule has 0 aromatic heterocycles. The van der Waals surface area contributed by atoms with Crippen molar-refractivity contribution in [3.05, 3.63) is 0 Å². The van der Waals surface area contributed by atoms with Crippen molar-refractivity contribution in [1.29, 1.82) is 0 Å². The average Bonchev–Trinajstić information content (AvgIpc) is 2.80. The summed E-state index contributed by atoms with van der Waals surface area (Å²) in [5.74, 6) is -0.448. The van der Waals surface area contributed by atoms with Crippen LogP contribution in [0.3, 0.4) is 0 Å². The molecule has 0 heterocycles. The van der Waals surface area contributed by atoms with Gasteiger partial charge in [0.15, 0.2) is 0 Å². The number of alkyl carbamates (subject to hydrolysis) is 1. The van der Waals surface area contributed by atoms with Crippen molar-refractivity contribution in [3.63, 3.8) is 0 Å². The van der Waals surface area contributed by atoms with E-state index in [1.54, 1.807) is 27.7 Å². The molecule has 1 amide bonds. The van der Waals surface area contributed by atoms with E-state index in [0.717, 1.165) is 0 Å². The zero-order valence-electron chi connectivity index (χ0n) is 10.2. The Hall–Kier alpha value is -1.26. The lowest BCUT2D eigenvalue weighted by atomic mass is 10.2. The van der Waals surface area contributed by atoms with Gasteiger partial charge in [0.2, 0.25) is 0 Å². The summed E-state index contributed by atoms with van der Waals surface area (Å²) in [6.07, 6.45) is 0.155. The van der Waals surface area contributed by atoms with Gasteiger partial charge >= 0.3 is 12.1 Å². The lowest BCUT2D eigenvalue weighted by molar-refractivity contribution is -0.144. The molecule has 1 aliphatic rings. The molecule has 0 aromatic carbocycles. The molecule has 0 bridgehead atoms. The van der Waals surface area contributed by atoms with Crippen molar-refractivity contribution < 1.29 is 19.1 Å². The predicted octanol–water partition coefficient (Wildman–Crippen LogP) is 1.46. The number of carbonyl (C=O) groups is 2. The van der Waals surface area contributed by atoms with Crippen LogP contribution in [-0.2, 0) is 14.3 Å². The molecule has 1 N–H and O–H groups in total. The molecule has 0 radical (unpaired) electrons. The summed E-state index contributed by atoms with van der Waals surface area (Å²) in [6.45, 7) is 7.51. The van der Waals surface area contributed by atoms with E-state index in [4.69, 9.17) is 9.47 Å². The molecule has 1 rings (SSSR count). The fraction of sp³-hybridized carbons (Fsp3) is 0.818. The summed E-state index contributed by atoms with van der Waals surface area (Å²) >= 11 is 0. The summed E-state index contributed by atoms with van der Waals surface area (Å²) in [5, 5.41) is 2.64. The SMILES string of the molecule is CCOC(=O)[C@@H]1C[C@H]1NC(=O)OC(C)(C)C. The van der Waals surface area contributed by atoms with E-state index in [9.17, 15) is 9.59 Å². The first kappa shape index (κ1) is 12.8. The predicted molar refractivity (Wildman–Crippen MR) is 57.9 cm³/mol. The first-order valence-corrected chi connectivity index (χ1v) is 5.49. The highest BCUT2D eigenvalue weighted by Crippen LogP contribution is 2.31. The number of amides is 1. The van der Waals surface area contributed by atoms with Crippen LogP contribution < -0.4 is 5.32 Å². The molecule has 1 aliphatic carbocycles. The normalized spacial score (nSPS) is 23.5. The van der Waals surface area contributed by atoms with Crippen LogP contribution in [0.15, 0.2) is 0 Å². The Bertz CT molecular complexity index is 282. The van der Waals surface area contributed by atoms with Crippen LogP contribution in [0.1, 0.15) is 34.1 Å². The van der Waals surface area contributed by atoms with E-state index in [2.05, 4.69) is 5.32 Å². The number of rotatable bonds is 3. The van der Waals surface area contributed by atoms with Crippen molar-refractivity contribution in [2.45, 2.75) is 45.8 Å². The minimum Gasteiger partial charge on any atom is -0.466 e. The summed E-state index contributed by atoms with van der Waals surface area (Å²) in [5.41, 5.74) is -0.515. The number of hydrogen-bond donors (Lipinski definition) is 1. The fourth-order valence-corrected chi connectivity index (χ4v) is 1.32. The van der Waals surface area contributed by atoms with Gasteiger partial charge in [-0.25, -0.2) is 4.79 Å². The molecule has 1 fully saturated rings. The van der Waals surface area contributed by atoms with Gasteiger partial charge in [-0.2, -0.15) is 0 Å². The Labute approximate surface area is 95.5 Å². The first-order chi connectivity index (χ1) is 7.33. The quantitative estimate of drug-likeness (QED) is 0.744. The third-order valence-corrected chi connectivity index (χ3v) is 2.08. The Morgan fingerprint density at radius 2 is 2.00 bits per heavy atom. The molecule has 0 saturated heterocycles. The zero-order chi connectivity index (χ0) is 12.3. The first-order valence-electron chi connectivity index (χ1n) is 5.49. The topological polar surface area (TPSA) is 64.6 Å². The molecular formula is C11H19NO4. The van der Waals surface area contributed by atoms with Crippen LogP contribution in [0.2, 0.25) is 0 Å². The average molecular weight is 229 g/mol. The summed E-state index contributed by atoms with van der Waals surface area (Å²) in [4.78, 5) is 22.6. The van der Waals surface area contributed by atoms with E-state index < -0.39 is 11.7 Å². The van der Waals surface area contributed by atoms with Gasteiger partial charge in [0, 0.05) is 6.04 Å². The maximum atomic E-state index is 11.3. The molecule has 2 atom stereocenters. The Morgan fingerprint density at radius 1 is 1.38 bits per heavy atom. The Balaban J connectivity index is 2.26. The third-order valence-electron chi connectivity index (χ3n) is 2.08. The standard InChI is InChI=1S/C11H19NO4/c1-5-15-9(13)7-6-8(7)12-10(14)16-11(2,3)4/h7-8H,5-6H2,1-4H3,(H,12,14)/t7-,8-/m1/s1. The lowest BCUT2D eigenvalue weighted by Gasteiger charge is -2.19. The van der Waals surface area contributed by atoms with Gasteiger partial charge in [0.25, 0.3) is 0 Å². The van der Waals surface area contributed by atoms with Gasteiger partial charge < -0.3 is 14.8 Å². The molecule has 5 nitrogen and oxygen atoms in total. The lowest BCUT2D eigenvalue weighted by Crippen LogP contribution is -2.35. The molecule has 0 unspecified atom stereocenters. The number of ether oxygens (including phenoxy) is 2. The molecule has 5 heteroatoms. The maximum Gasteiger partial charge on any atom is 0.407 e. The van der Waals surface area contributed by atoms with Gasteiger partial charge in [-0.1, -0.05) is 0 Å². The van der Waals surface area contributed by atoms with Crippen molar-refractivity contribution in [3.8, 4) is 0 Å². The number of carbonyl (C=O) groups excluding carboxylic acids is 2. The summed E-state index contributed by atoms with van der Waals surface area (Å²) < 4.78 is 9.92. The van der Waals surface area contributed by atoms with Crippen LogP contribution in [0.4, 0.5) is 4.79 Å². The number of nitrogens with one attached hydrogen (secondary N) is 1. The van der Waals surface area contributed by atoms with E-state index >= 15 is 0 Å². The molecule has 16 heavy (non-hydrogen) atoms. The van der Waals surface area contributed by atoms with Gasteiger partial charge in [0.05, 0.1) is 12.5 Å². The van der Waals surface area contributed by atoms with Gasteiger partial charge in [0.1, 0.15) is 5.60 Å². The zero-order valence-corrected chi connectivity index (χ0v) is 10.2. The molecule has 0 spiro atoms. The Kier molecular flexibility index (Phi) is 3.78. The van der Waals surface area contributed by atoms with Crippen LogP contribution >= 0.6 is 0 Å². The maximum absolute atomic E-state index is 11.3. The van der Waals surface area contributed by atoms with Gasteiger partial charge in [-0.15, -0.1) is 0 Å². The van der Waals surface area contributed by atoms with Crippen molar-refractivity contribution in [2.75, 3.05) is 6.61 Å². The van der Waals surface area contributed by atoms with E-state index in [1.165, 1.54) is 0 Å². The highest BCUT2D eigenvalue weighted by Gasteiger charge is 2.45. The smallest absolute Gasteiger partial charge is 0.407 e. The second kappa shape index (κ2) is 4.72. The monoisotopic (exact) mass is 229 g/mol. The minimum atomic E-state index is -0.515. The third kappa shape index (κ3) is 4.08. The van der Waals surface area contributed by atoms with Crippen LogP contribution in [0.25, 0.3) is 0 Å². The largest absolute Gasteiger partial charge is 0.466 e. The molecule has 92 valence electrons. The van der Waals surface area contributed by atoms with Crippen molar-refractivity contribution in [1.82, 2.24) is 5.32 Å². The highest BCUT2D eigenvalue weighted by atomic mass is 16.6. The van der Waals surface area contributed by atoms with Gasteiger partial charge in [-0.05, 0) is 34.1 Å². The molecule has 1 saturated carbocycles. The fourth-order valence-electron chi connectivity index (χ4n) is 1.32. The van der Waals surface area contributed by atoms with Crippen molar-refractivity contribution in [2.24, 2.45) is 5.92 Å². The van der Waals surface area contributed by atoms with Gasteiger partial charge in [-0.3, -0.25) is 4.79 Å². The van der Waals surface area contributed by atoms with E-state index in [0.29, 0.717) is 13.0 Å². The Morgan fingerprint density at radius 3 is 2.50 bits per heavy atom. The molecular weight excluding hydrogens is 210 g/mol. The number of hydrogen-bond acceptors (Lipinski definition) is 4. The van der Waals surface area contributed by atoms with E-state index in [1.807, 2.05) is 0 Å². The summed E-state index contributed by atoms with van der Waals surface area (Å²) in [6, 6.07) is -0.131. The van der Waals surface area contributed by atoms with Crippen molar-refractivity contribution >= 4 is 12.1 Å². The molecule has 0 aliphatic heterocycles. The van der Waals surface area contributed by atoms with E-state index in [-0.39, 0.29) is 17.9 Å². The summed E-state index contributed by atoms with van der Waals surface area (Å²) in [7, 11) is 0. The highest BCUT2D eigenvalue weighted by molar-refractivity contribution is 5.78.